The Hall–Kier alpha value is -3.63. The Morgan fingerprint density at radius 3 is 2.42 bits per heavy atom. The fourth-order valence-corrected chi connectivity index (χ4v) is 4.07. The number of imidazole rings is 1. The van der Waals surface area contributed by atoms with Gasteiger partial charge in [-0.3, -0.25) is 9.59 Å². The van der Waals surface area contributed by atoms with E-state index in [2.05, 4.69) is 30.2 Å². The van der Waals surface area contributed by atoms with Gasteiger partial charge >= 0.3 is 0 Å². The number of amides is 2. The molecule has 0 radical (unpaired) electrons. The van der Waals surface area contributed by atoms with Crippen molar-refractivity contribution in [3.05, 3.63) is 88.5 Å². The molecular weight excluding hydrogens is 474 g/mol. The Balaban J connectivity index is 1.66. The van der Waals surface area contributed by atoms with Crippen LogP contribution in [0.1, 0.15) is 49.6 Å². The Bertz CT molecular complexity index is 1200. The number of nitrogens with zero attached hydrogens (tertiary/aromatic N) is 4. The van der Waals surface area contributed by atoms with Gasteiger partial charge in [-0.15, -0.1) is 0 Å². The van der Waals surface area contributed by atoms with Gasteiger partial charge in [0, 0.05) is 49.5 Å². The van der Waals surface area contributed by atoms with Crippen LogP contribution in [0.25, 0.3) is 0 Å². The highest BCUT2D eigenvalue weighted by Gasteiger charge is 2.23. The van der Waals surface area contributed by atoms with Crippen LogP contribution in [0.4, 0.5) is 0 Å². The van der Waals surface area contributed by atoms with E-state index in [0.29, 0.717) is 30.2 Å². The predicted octanol–water partition coefficient (Wildman–Crippen LogP) is 4.58. The molecule has 2 amide bonds. The molecule has 3 rings (SSSR count). The summed E-state index contributed by atoms with van der Waals surface area (Å²) in [5, 5.41) is 12.8. The number of benzene rings is 2. The molecule has 8 heteroatoms. The minimum atomic E-state index is -0.186. The van der Waals surface area contributed by atoms with Crippen molar-refractivity contribution in [1.29, 1.82) is 5.26 Å². The number of nitrogens with one attached hydrogen (secondary N) is 1. The lowest BCUT2D eigenvalue weighted by molar-refractivity contribution is -0.131. The SMILES string of the molecule is CC[C@H](C)[C@@H](CN(Cc1ccc(Cl)cc1)C(C)=O)NC(=O)Cc1cncn1Cc1ccc(C#N)cc1. The zero-order valence-electron chi connectivity index (χ0n) is 20.9. The first-order valence-corrected chi connectivity index (χ1v) is 12.4. The minimum absolute atomic E-state index is 0.0482. The first-order chi connectivity index (χ1) is 17.3. The molecule has 0 spiro atoms. The smallest absolute Gasteiger partial charge is 0.226 e. The molecule has 2 atom stereocenters. The number of aromatic nitrogens is 2. The summed E-state index contributed by atoms with van der Waals surface area (Å²) in [5.41, 5.74) is 3.40. The molecule has 7 nitrogen and oxygen atoms in total. The van der Waals surface area contributed by atoms with Crippen molar-refractivity contribution in [1.82, 2.24) is 19.8 Å². The number of carbonyl (C=O) groups is 2. The fraction of sp³-hybridized carbons (Fsp3) is 0.357. The van der Waals surface area contributed by atoms with Crippen LogP contribution < -0.4 is 5.32 Å². The molecule has 0 bridgehead atoms. The first kappa shape index (κ1) is 27.0. The van der Waals surface area contributed by atoms with Crippen LogP contribution in [-0.2, 0) is 29.1 Å². The zero-order chi connectivity index (χ0) is 26.1. The van der Waals surface area contributed by atoms with E-state index in [1.54, 1.807) is 36.5 Å². The van der Waals surface area contributed by atoms with Gasteiger partial charge in [0.1, 0.15) is 0 Å². The van der Waals surface area contributed by atoms with Crippen LogP contribution in [-0.4, -0.2) is 38.9 Å². The predicted molar refractivity (Wildman–Crippen MR) is 140 cm³/mol. The molecule has 0 aliphatic carbocycles. The lowest BCUT2D eigenvalue weighted by atomic mass is 9.98. The quantitative estimate of drug-likeness (QED) is 0.413. The maximum absolute atomic E-state index is 13.1. The molecule has 0 saturated carbocycles. The number of carbonyl (C=O) groups excluding carboxylic acids is 2. The Labute approximate surface area is 217 Å². The average Bonchev–Trinajstić information content (AvgIpc) is 3.30. The van der Waals surface area contributed by atoms with Crippen molar-refractivity contribution in [3.8, 4) is 6.07 Å². The van der Waals surface area contributed by atoms with Crippen LogP contribution in [0.5, 0.6) is 0 Å². The summed E-state index contributed by atoms with van der Waals surface area (Å²) in [4.78, 5) is 31.5. The van der Waals surface area contributed by atoms with Gasteiger partial charge in [-0.05, 0) is 41.3 Å². The van der Waals surface area contributed by atoms with E-state index in [-0.39, 0.29) is 30.2 Å². The van der Waals surface area contributed by atoms with Gasteiger partial charge in [-0.1, -0.05) is 56.1 Å². The normalized spacial score (nSPS) is 12.4. The standard InChI is InChI=1S/C28H32ClN5O2/c1-4-20(2)27(18-33(21(3)35)16-24-9-11-25(29)12-10-24)32-28(36)13-26-15-31-19-34(26)17-23-7-5-22(14-30)6-8-23/h5-12,15,19-20,27H,4,13,16-18H2,1-3H3,(H,32,36)/t20-,27+/m0/s1. The molecular formula is C28H32ClN5O2. The number of halogens is 1. The monoisotopic (exact) mass is 505 g/mol. The Morgan fingerprint density at radius 1 is 1.14 bits per heavy atom. The van der Waals surface area contributed by atoms with Gasteiger partial charge in [0.05, 0.1) is 24.4 Å². The molecule has 2 aromatic carbocycles. The zero-order valence-corrected chi connectivity index (χ0v) is 21.7. The van der Waals surface area contributed by atoms with Crippen molar-refractivity contribution in [2.45, 2.75) is 52.7 Å². The second-order valence-corrected chi connectivity index (χ2v) is 9.52. The van der Waals surface area contributed by atoms with E-state index in [9.17, 15) is 9.59 Å². The van der Waals surface area contributed by atoms with Crippen LogP contribution in [0.2, 0.25) is 5.02 Å². The van der Waals surface area contributed by atoms with Crippen molar-refractivity contribution >= 4 is 23.4 Å². The third-order valence-electron chi connectivity index (χ3n) is 6.40. The minimum Gasteiger partial charge on any atom is -0.351 e. The van der Waals surface area contributed by atoms with E-state index < -0.39 is 0 Å². The van der Waals surface area contributed by atoms with Gasteiger partial charge in [0.15, 0.2) is 0 Å². The summed E-state index contributed by atoms with van der Waals surface area (Å²) < 4.78 is 1.93. The molecule has 0 aliphatic rings. The van der Waals surface area contributed by atoms with Crippen molar-refractivity contribution in [2.75, 3.05) is 6.54 Å². The first-order valence-electron chi connectivity index (χ1n) is 12.1. The fourth-order valence-electron chi connectivity index (χ4n) is 3.95. The summed E-state index contributed by atoms with van der Waals surface area (Å²) in [6.07, 6.45) is 4.45. The van der Waals surface area contributed by atoms with Crippen LogP contribution in [0.15, 0.2) is 61.1 Å². The summed E-state index contributed by atoms with van der Waals surface area (Å²) in [5.74, 6) is 0.0226. The topological polar surface area (TPSA) is 91.0 Å². The van der Waals surface area contributed by atoms with Gasteiger partial charge in [0.2, 0.25) is 11.8 Å². The van der Waals surface area contributed by atoms with Gasteiger partial charge in [-0.2, -0.15) is 5.26 Å². The largest absolute Gasteiger partial charge is 0.351 e. The highest BCUT2D eigenvalue weighted by molar-refractivity contribution is 6.30. The van der Waals surface area contributed by atoms with E-state index in [0.717, 1.165) is 23.2 Å². The lowest BCUT2D eigenvalue weighted by Gasteiger charge is -2.31. The van der Waals surface area contributed by atoms with Gasteiger partial charge < -0.3 is 14.8 Å². The number of hydrogen-bond acceptors (Lipinski definition) is 4. The molecule has 36 heavy (non-hydrogen) atoms. The van der Waals surface area contributed by atoms with Crippen molar-refractivity contribution < 1.29 is 9.59 Å². The Morgan fingerprint density at radius 2 is 1.81 bits per heavy atom. The highest BCUT2D eigenvalue weighted by Crippen LogP contribution is 2.15. The van der Waals surface area contributed by atoms with E-state index in [1.165, 1.54) is 0 Å². The Kier molecular flexibility index (Phi) is 9.66. The maximum Gasteiger partial charge on any atom is 0.226 e. The summed E-state index contributed by atoms with van der Waals surface area (Å²) >= 11 is 5.99. The van der Waals surface area contributed by atoms with Crippen molar-refractivity contribution in [3.63, 3.8) is 0 Å². The molecule has 1 N–H and O–H groups in total. The third-order valence-corrected chi connectivity index (χ3v) is 6.65. The summed E-state index contributed by atoms with van der Waals surface area (Å²) in [7, 11) is 0. The lowest BCUT2D eigenvalue weighted by Crippen LogP contribution is -2.48. The third kappa shape index (κ3) is 7.69. The molecule has 188 valence electrons. The maximum atomic E-state index is 13.1. The molecule has 1 heterocycles. The number of rotatable bonds is 11. The van der Waals surface area contributed by atoms with Crippen LogP contribution in [0, 0.1) is 17.2 Å². The van der Waals surface area contributed by atoms with E-state index in [4.69, 9.17) is 16.9 Å². The van der Waals surface area contributed by atoms with Gasteiger partial charge in [-0.25, -0.2) is 4.98 Å². The molecule has 0 fully saturated rings. The second kappa shape index (κ2) is 12.9. The van der Waals surface area contributed by atoms with Crippen LogP contribution >= 0.6 is 11.6 Å². The summed E-state index contributed by atoms with van der Waals surface area (Å²) in [6.45, 7) is 7.14. The molecule has 0 saturated heterocycles. The molecule has 1 aromatic heterocycles. The highest BCUT2D eigenvalue weighted by atomic mass is 35.5. The average molecular weight is 506 g/mol. The number of hydrogen-bond donors (Lipinski definition) is 1. The summed E-state index contributed by atoms with van der Waals surface area (Å²) in [6, 6.07) is 16.7. The molecule has 0 aliphatic heterocycles. The van der Waals surface area contributed by atoms with E-state index in [1.807, 2.05) is 41.0 Å². The molecule has 0 unspecified atom stereocenters. The molecule has 3 aromatic rings. The number of nitriles is 1. The van der Waals surface area contributed by atoms with Crippen molar-refractivity contribution in [2.24, 2.45) is 5.92 Å². The van der Waals surface area contributed by atoms with Crippen LogP contribution in [0.3, 0.4) is 0 Å². The van der Waals surface area contributed by atoms with E-state index >= 15 is 0 Å². The van der Waals surface area contributed by atoms with Gasteiger partial charge in [0.25, 0.3) is 0 Å². The second-order valence-electron chi connectivity index (χ2n) is 9.08.